The quantitative estimate of drug-likeness (QED) is 0.675. The van der Waals surface area contributed by atoms with Gasteiger partial charge in [0.15, 0.2) is 0 Å². The van der Waals surface area contributed by atoms with E-state index in [-0.39, 0.29) is 5.38 Å². The van der Waals surface area contributed by atoms with E-state index in [1.54, 1.807) is 7.11 Å². The molecule has 0 radical (unpaired) electrons. The molecule has 1 aromatic rings. The van der Waals surface area contributed by atoms with Crippen LogP contribution in [0.5, 0.6) is 0 Å². The summed E-state index contributed by atoms with van der Waals surface area (Å²) in [4.78, 5) is 0. The highest BCUT2D eigenvalue weighted by molar-refractivity contribution is 6.21. The molecule has 1 rings (SSSR count). The van der Waals surface area contributed by atoms with Crippen LogP contribution in [0.15, 0.2) is 30.3 Å². The summed E-state index contributed by atoms with van der Waals surface area (Å²) in [6.07, 6.45) is 0. The van der Waals surface area contributed by atoms with Gasteiger partial charge in [-0.1, -0.05) is 37.3 Å². The predicted molar refractivity (Wildman–Crippen MR) is 56.1 cm³/mol. The minimum atomic E-state index is 0.0427. The first-order valence-electron chi connectivity index (χ1n) is 4.43. The number of hydrogen-bond acceptors (Lipinski definition) is 1. The molecule has 0 heterocycles. The van der Waals surface area contributed by atoms with E-state index in [0.29, 0.717) is 12.5 Å². The van der Waals surface area contributed by atoms with Crippen LogP contribution in [0.1, 0.15) is 17.9 Å². The minimum absolute atomic E-state index is 0.0427. The Balaban J connectivity index is 2.62. The van der Waals surface area contributed by atoms with Gasteiger partial charge in [0.25, 0.3) is 0 Å². The van der Waals surface area contributed by atoms with Crippen LogP contribution in [0, 0.1) is 5.92 Å². The van der Waals surface area contributed by atoms with E-state index in [4.69, 9.17) is 16.3 Å². The molecule has 0 saturated carbocycles. The van der Waals surface area contributed by atoms with Gasteiger partial charge in [-0.25, -0.2) is 0 Å². The molecular formula is C11H15ClO. The van der Waals surface area contributed by atoms with E-state index >= 15 is 0 Å². The van der Waals surface area contributed by atoms with E-state index in [0.717, 1.165) is 5.56 Å². The predicted octanol–water partition coefficient (Wildman–Crippen LogP) is 3.25. The fourth-order valence-corrected chi connectivity index (χ4v) is 1.53. The van der Waals surface area contributed by atoms with E-state index in [1.165, 1.54) is 0 Å². The van der Waals surface area contributed by atoms with Crippen molar-refractivity contribution in [3.05, 3.63) is 35.9 Å². The molecule has 0 aliphatic heterocycles. The summed E-state index contributed by atoms with van der Waals surface area (Å²) in [5.41, 5.74) is 1.16. The average Bonchev–Trinajstić information content (AvgIpc) is 2.18. The first kappa shape index (κ1) is 10.6. The Morgan fingerprint density at radius 3 is 2.46 bits per heavy atom. The highest BCUT2D eigenvalue weighted by atomic mass is 35.5. The Bertz CT molecular complexity index is 235. The van der Waals surface area contributed by atoms with Crippen LogP contribution >= 0.6 is 11.6 Å². The molecular weight excluding hydrogens is 184 g/mol. The van der Waals surface area contributed by atoms with Gasteiger partial charge < -0.3 is 4.74 Å². The fourth-order valence-electron chi connectivity index (χ4n) is 1.31. The second-order valence-electron chi connectivity index (χ2n) is 3.25. The lowest BCUT2D eigenvalue weighted by molar-refractivity contribution is 0.157. The number of methoxy groups -OCH3 is 1. The van der Waals surface area contributed by atoms with Crippen molar-refractivity contribution in [3.63, 3.8) is 0 Å². The topological polar surface area (TPSA) is 9.23 Å². The lowest BCUT2D eigenvalue weighted by Gasteiger charge is -2.17. The van der Waals surface area contributed by atoms with Gasteiger partial charge >= 0.3 is 0 Å². The Morgan fingerprint density at radius 1 is 1.31 bits per heavy atom. The van der Waals surface area contributed by atoms with Crippen molar-refractivity contribution < 1.29 is 4.74 Å². The molecule has 1 nitrogen and oxygen atoms in total. The molecule has 0 aliphatic carbocycles. The van der Waals surface area contributed by atoms with Crippen LogP contribution in [0.2, 0.25) is 0 Å². The van der Waals surface area contributed by atoms with Gasteiger partial charge in [0, 0.05) is 7.11 Å². The second-order valence-corrected chi connectivity index (χ2v) is 3.72. The number of rotatable bonds is 4. The molecule has 2 unspecified atom stereocenters. The molecule has 0 saturated heterocycles. The zero-order chi connectivity index (χ0) is 9.68. The molecule has 0 aromatic heterocycles. The molecule has 1 aromatic carbocycles. The summed E-state index contributed by atoms with van der Waals surface area (Å²) < 4.78 is 5.06. The third-order valence-corrected chi connectivity index (χ3v) is 2.73. The molecule has 0 aliphatic rings. The smallest absolute Gasteiger partial charge is 0.0632 e. The molecule has 2 atom stereocenters. The molecule has 13 heavy (non-hydrogen) atoms. The largest absolute Gasteiger partial charge is 0.384 e. The van der Waals surface area contributed by atoms with Crippen molar-refractivity contribution in [1.29, 1.82) is 0 Å². The van der Waals surface area contributed by atoms with Crippen LogP contribution in [-0.4, -0.2) is 13.7 Å². The maximum Gasteiger partial charge on any atom is 0.0632 e. The maximum atomic E-state index is 6.26. The number of halogens is 1. The van der Waals surface area contributed by atoms with Gasteiger partial charge in [0.2, 0.25) is 0 Å². The van der Waals surface area contributed by atoms with Crippen LogP contribution in [0.4, 0.5) is 0 Å². The van der Waals surface area contributed by atoms with Gasteiger partial charge in [0.1, 0.15) is 0 Å². The molecule has 72 valence electrons. The van der Waals surface area contributed by atoms with E-state index in [1.807, 2.05) is 30.3 Å². The van der Waals surface area contributed by atoms with E-state index in [2.05, 4.69) is 6.92 Å². The SMILES string of the molecule is COCC(C)C(Cl)c1ccccc1. The van der Waals surface area contributed by atoms with Crippen molar-refractivity contribution in [1.82, 2.24) is 0 Å². The third-order valence-electron chi connectivity index (χ3n) is 2.05. The van der Waals surface area contributed by atoms with Gasteiger partial charge in [-0.15, -0.1) is 11.6 Å². The molecule has 0 bridgehead atoms. The highest BCUT2D eigenvalue weighted by Gasteiger charge is 2.15. The van der Waals surface area contributed by atoms with Crippen LogP contribution in [0.25, 0.3) is 0 Å². The molecule has 0 fully saturated rings. The number of ether oxygens (including phenoxy) is 1. The summed E-state index contributed by atoms with van der Waals surface area (Å²) in [5.74, 6) is 0.342. The van der Waals surface area contributed by atoms with Gasteiger partial charge in [0.05, 0.1) is 12.0 Å². The van der Waals surface area contributed by atoms with Crippen molar-refractivity contribution in [2.75, 3.05) is 13.7 Å². The van der Waals surface area contributed by atoms with Gasteiger partial charge in [-0.05, 0) is 11.5 Å². The number of benzene rings is 1. The van der Waals surface area contributed by atoms with Gasteiger partial charge in [-0.2, -0.15) is 0 Å². The summed E-state index contributed by atoms with van der Waals surface area (Å²) in [7, 11) is 1.70. The molecule has 0 N–H and O–H groups in total. The minimum Gasteiger partial charge on any atom is -0.384 e. The first-order valence-corrected chi connectivity index (χ1v) is 4.87. The Kier molecular flexibility index (Phi) is 4.26. The zero-order valence-electron chi connectivity index (χ0n) is 8.03. The third kappa shape index (κ3) is 3.02. The average molecular weight is 199 g/mol. The standard InChI is InChI=1S/C11H15ClO/c1-9(8-13-2)11(12)10-6-4-3-5-7-10/h3-7,9,11H,8H2,1-2H3. The van der Waals surface area contributed by atoms with Crippen LogP contribution in [0.3, 0.4) is 0 Å². The first-order chi connectivity index (χ1) is 6.25. The summed E-state index contributed by atoms with van der Waals surface area (Å²) in [5, 5.41) is 0.0427. The van der Waals surface area contributed by atoms with Crippen molar-refractivity contribution in [2.45, 2.75) is 12.3 Å². The van der Waals surface area contributed by atoms with E-state index < -0.39 is 0 Å². The fraction of sp³-hybridized carbons (Fsp3) is 0.455. The monoisotopic (exact) mass is 198 g/mol. The summed E-state index contributed by atoms with van der Waals surface area (Å²) in [6.45, 7) is 2.79. The maximum absolute atomic E-state index is 6.26. The summed E-state index contributed by atoms with van der Waals surface area (Å²) >= 11 is 6.26. The molecule has 2 heteroatoms. The summed E-state index contributed by atoms with van der Waals surface area (Å²) in [6, 6.07) is 10.1. The normalized spacial score (nSPS) is 15.3. The Labute approximate surface area is 84.7 Å². The van der Waals surface area contributed by atoms with Crippen LogP contribution in [-0.2, 0) is 4.74 Å². The highest BCUT2D eigenvalue weighted by Crippen LogP contribution is 2.28. The second kappa shape index (κ2) is 5.25. The zero-order valence-corrected chi connectivity index (χ0v) is 8.79. The lowest BCUT2D eigenvalue weighted by atomic mass is 10.0. The number of hydrogen-bond donors (Lipinski definition) is 0. The Morgan fingerprint density at radius 2 is 1.92 bits per heavy atom. The van der Waals surface area contributed by atoms with E-state index in [9.17, 15) is 0 Å². The number of alkyl halides is 1. The van der Waals surface area contributed by atoms with Crippen molar-refractivity contribution in [3.8, 4) is 0 Å². The Hall–Kier alpha value is -0.530. The van der Waals surface area contributed by atoms with Crippen LogP contribution < -0.4 is 0 Å². The molecule has 0 amide bonds. The lowest BCUT2D eigenvalue weighted by Crippen LogP contribution is -2.10. The molecule has 0 spiro atoms. The van der Waals surface area contributed by atoms with Gasteiger partial charge in [-0.3, -0.25) is 0 Å². The van der Waals surface area contributed by atoms with Crippen molar-refractivity contribution >= 4 is 11.6 Å². The van der Waals surface area contributed by atoms with Crippen molar-refractivity contribution in [2.24, 2.45) is 5.92 Å².